The third kappa shape index (κ3) is 6.67. The summed E-state index contributed by atoms with van der Waals surface area (Å²) >= 11 is 1.95. The Balaban J connectivity index is 2.21. The van der Waals surface area contributed by atoms with Gasteiger partial charge in [0.2, 0.25) is 0 Å². The van der Waals surface area contributed by atoms with Gasteiger partial charge in [-0.05, 0) is 62.9 Å². The molecule has 0 amide bonds. The van der Waals surface area contributed by atoms with Gasteiger partial charge in [0.15, 0.2) is 0 Å². The minimum absolute atomic E-state index is 0.987. The van der Waals surface area contributed by atoms with Crippen LogP contribution in [0.25, 0.3) is 0 Å². The topological polar surface area (TPSA) is 15.3 Å². The van der Waals surface area contributed by atoms with Gasteiger partial charge in [0.1, 0.15) is 0 Å². The second-order valence-electron chi connectivity index (χ2n) is 5.07. The number of hydrogen-bond donors (Lipinski definition) is 1. The van der Waals surface area contributed by atoms with Crippen LogP contribution >= 0.6 is 11.8 Å². The summed E-state index contributed by atoms with van der Waals surface area (Å²) in [6, 6.07) is 8.97. The first-order valence-corrected chi connectivity index (χ1v) is 9.24. The van der Waals surface area contributed by atoms with E-state index in [1.165, 1.54) is 36.3 Å². The average molecular weight is 295 g/mol. The van der Waals surface area contributed by atoms with Gasteiger partial charge in [-0.25, -0.2) is 0 Å². The van der Waals surface area contributed by atoms with Crippen molar-refractivity contribution in [3.05, 3.63) is 29.8 Å². The van der Waals surface area contributed by atoms with Crippen molar-refractivity contribution >= 4 is 17.4 Å². The Labute approximate surface area is 129 Å². The van der Waals surface area contributed by atoms with Crippen LogP contribution in [0, 0.1) is 0 Å². The van der Waals surface area contributed by atoms with Gasteiger partial charge in [-0.2, -0.15) is 11.8 Å². The summed E-state index contributed by atoms with van der Waals surface area (Å²) in [6.07, 6.45) is 6.16. The van der Waals surface area contributed by atoms with Crippen molar-refractivity contribution in [1.29, 1.82) is 0 Å². The molecule has 114 valence electrons. The van der Waals surface area contributed by atoms with Crippen LogP contribution < -0.4 is 10.2 Å². The van der Waals surface area contributed by atoms with E-state index in [1.807, 2.05) is 11.8 Å². The SMILES string of the molecule is CCN(CC)c1ccc(CNCCCCCSC)cc1. The fourth-order valence-electron chi connectivity index (χ4n) is 2.32. The zero-order chi connectivity index (χ0) is 14.6. The Morgan fingerprint density at radius 3 is 2.30 bits per heavy atom. The summed E-state index contributed by atoms with van der Waals surface area (Å²) in [4.78, 5) is 2.38. The van der Waals surface area contributed by atoms with E-state index in [1.54, 1.807) is 0 Å². The van der Waals surface area contributed by atoms with E-state index in [9.17, 15) is 0 Å². The summed E-state index contributed by atoms with van der Waals surface area (Å²) in [5.74, 6) is 1.30. The van der Waals surface area contributed by atoms with Crippen molar-refractivity contribution in [2.24, 2.45) is 0 Å². The molecule has 2 nitrogen and oxygen atoms in total. The highest BCUT2D eigenvalue weighted by molar-refractivity contribution is 7.98. The Morgan fingerprint density at radius 1 is 1.00 bits per heavy atom. The largest absolute Gasteiger partial charge is 0.372 e. The lowest BCUT2D eigenvalue weighted by atomic mass is 10.2. The zero-order valence-corrected chi connectivity index (χ0v) is 14.1. The highest BCUT2D eigenvalue weighted by Gasteiger charge is 2.01. The highest BCUT2D eigenvalue weighted by Crippen LogP contribution is 2.14. The molecule has 3 heteroatoms. The number of benzene rings is 1. The molecule has 1 rings (SSSR count). The predicted octanol–water partition coefficient (Wildman–Crippen LogP) is 4.16. The fourth-order valence-corrected chi connectivity index (χ4v) is 2.81. The lowest BCUT2D eigenvalue weighted by Crippen LogP contribution is -2.21. The number of rotatable bonds is 11. The van der Waals surface area contributed by atoms with Crippen LogP contribution in [0.2, 0.25) is 0 Å². The number of nitrogens with one attached hydrogen (secondary N) is 1. The highest BCUT2D eigenvalue weighted by atomic mass is 32.2. The lowest BCUT2D eigenvalue weighted by molar-refractivity contribution is 0.618. The Kier molecular flexibility index (Phi) is 9.60. The summed E-state index contributed by atoms with van der Waals surface area (Å²) in [5, 5.41) is 3.53. The van der Waals surface area contributed by atoms with E-state index >= 15 is 0 Å². The van der Waals surface area contributed by atoms with Crippen LogP contribution in [0.15, 0.2) is 24.3 Å². The Hall–Kier alpha value is -0.670. The molecule has 0 aliphatic carbocycles. The molecule has 0 saturated heterocycles. The van der Waals surface area contributed by atoms with E-state index < -0.39 is 0 Å². The third-order valence-electron chi connectivity index (χ3n) is 3.60. The van der Waals surface area contributed by atoms with Crippen molar-refractivity contribution < 1.29 is 0 Å². The van der Waals surface area contributed by atoms with Crippen molar-refractivity contribution in [2.45, 2.75) is 39.7 Å². The van der Waals surface area contributed by atoms with Crippen LogP contribution in [-0.2, 0) is 6.54 Å². The maximum absolute atomic E-state index is 3.53. The second-order valence-corrected chi connectivity index (χ2v) is 6.05. The van der Waals surface area contributed by atoms with Gasteiger partial charge in [0.25, 0.3) is 0 Å². The number of hydrogen-bond acceptors (Lipinski definition) is 3. The predicted molar refractivity (Wildman–Crippen MR) is 93.9 cm³/mol. The maximum Gasteiger partial charge on any atom is 0.0366 e. The smallest absolute Gasteiger partial charge is 0.0366 e. The first-order valence-electron chi connectivity index (χ1n) is 7.85. The summed E-state index contributed by atoms with van der Waals surface area (Å²) in [6.45, 7) is 8.67. The van der Waals surface area contributed by atoms with Gasteiger partial charge in [-0.15, -0.1) is 0 Å². The zero-order valence-electron chi connectivity index (χ0n) is 13.3. The van der Waals surface area contributed by atoms with Gasteiger partial charge < -0.3 is 10.2 Å². The van der Waals surface area contributed by atoms with Gasteiger partial charge in [0.05, 0.1) is 0 Å². The number of unbranched alkanes of at least 4 members (excludes halogenated alkanes) is 2. The summed E-state index contributed by atoms with van der Waals surface area (Å²) in [5.41, 5.74) is 2.71. The maximum atomic E-state index is 3.53. The van der Waals surface area contributed by atoms with Crippen molar-refractivity contribution in [3.63, 3.8) is 0 Å². The summed E-state index contributed by atoms with van der Waals surface area (Å²) < 4.78 is 0. The monoisotopic (exact) mass is 294 g/mol. The molecular formula is C17H30N2S. The van der Waals surface area contributed by atoms with Crippen molar-refractivity contribution in [3.8, 4) is 0 Å². The van der Waals surface area contributed by atoms with E-state index in [4.69, 9.17) is 0 Å². The molecule has 0 fully saturated rings. The van der Waals surface area contributed by atoms with Crippen LogP contribution in [0.4, 0.5) is 5.69 Å². The van der Waals surface area contributed by atoms with Gasteiger partial charge in [0, 0.05) is 25.3 Å². The van der Waals surface area contributed by atoms with Crippen molar-refractivity contribution in [1.82, 2.24) is 5.32 Å². The normalized spacial score (nSPS) is 10.8. The minimum atomic E-state index is 0.987. The molecule has 0 saturated carbocycles. The van der Waals surface area contributed by atoms with Gasteiger partial charge in [-0.1, -0.05) is 18.6 Å². The molecule has 1 N–H and O–H groups in total. The quantitative estimate of drug-likeness (QED) is 0.617. The molecule has 0 atom stereocenters. The molecular weight excluding hydrogens is 264 g/mol. The third-order valence-corrected chi connectivity index (χ3v) is 4.29. The first-order chi connectivity index (χ1) is 9.81. The molecule has 20 heavy (non-hydrogen) atoms. The Morgan fingerprint density at radius 2 is 1.70 bits per heavy atom. The van der Waals surface area contributed by atoms with Crippen LogP contribution in [0.5, 0.6) is 0 Å². The van der Waals surface area contributed by atoms with E-state index in [0.717, 1.165) is 26.2 Å². The standard InChI is InChI=1S/C17H30N2S/c1-4-19(5-2)17-11-9-16(10-12-17)15-18-13-7-6-8-14-20-3/h9-12,18H,4-8,13-15H2,1-3H3. The number of anilines is 1. The molecule has 0 aromatic heterocycles. The molecule has 0 spiro atoms. The van der Waals surface area contributed by atoms with Crippen LogP contribution in [-0.4, -0.2) is 31.6 Å². The van der Waals surface area contributed by atoms with Crippen LogP contribution in [0.1, 0.15) is 38.7 Å². The fraction of sp³-hybridized carbons (Fsp3) is 0.647. The minimum Gasteiger partial charge on any atom is -0.372 e. The molecule has 1 aromatic rings. The average Bonchev–Trinajstić information content (AvgIpc) is 2.49. The molecule has 0 aliphatic heterocycles. The first kappa shape index (κ1) is 17.4. The number of thioether (sulfide) groups is 1. The van der Waals surface area contributed by atoms with Crippen LogP contribution in [0.3, 0.4) is 0 Å². The van der Waals surface area contributed by atoms with E-state index in [-0.39, 0.29) is 0 Å². The molecule has 0 bridgehead atoms. The van der Waals surface area contributed by atoms with E-state index in [0.29, 0.717) is 0 Å². The van der Waals surface area contributed by atoms with Gasteiger partial charge in [-0.3, -0.25) is 0 Å². The second kappa shape index (κ2) is 11.0. The lowest BCUT2D eigenvalue weighted by Gasteiger charge is -2.21. The molecule has 1 aromatic carbocycles. The molecule has 0 heterocycles. The van der Waals surface area contributed by atoms with E-state index in [2.05, 4.69) is 54.6 Å². The summed E-state index contributed by atoms with van der Waals surface area (Å²) in [7, 11) is 0. The van der Waals surface area contributed by atoms with Gasteiger partial charge >= 0.3 is 0 Å². The van der Waals surface area contributed by atoms with Crippen molar-refractivity contribution in [2.75, 3.05) is 36.5 Å². The Bertz CT molecular complexity index is 333. The number of nitrogens with zero attached hydrogens (tertiary/aromatic N) is 1. The molecule has 0 radical (unpaired) electrons. The molecule has 0 unspecified atom stereocenters. The molecule has 0 aliphatic rings.